The fraction of sp³-hybridized carbons (Fsp3) is 0.500. The first-order valence-electron chi connectivity index (χ1n) is 5.15. The van der Waals surface area contributed by atoms with Crippen LogP contribution in [0.3, 0.4) is 0 Å². The summed E-state index contributed by atoms with van der Waals surface area (Å²) in [4.78, 5) is 0. The molecule has 0 radical (unpaired) electrons. The van der Waals surface area contributed by atoms with E-state index in [0.717, 1.165) is 12.1 Å². The van der Waals surface area contributed by atoms with Crippen molar-refractivity contribution < 1.29 is 17.6 Å². The highest BCUT2D eigenvalue weighted by molar-refractivity contribution is 5.85. The molecule has 6 heteroatoms. The van der Waals surface area contributed by atoms with Gasteiger partial charge in [-0.25, -0.2) is 4.39 Å². The summed E-state index contributed by atoms with van der Waals surface area (Å²) >= 11 is 0. The number of rotatable bonds is 1. The van der Waals surface area contributed by atoms with Crippen molar-refractivity contribution in [1.29, 1.82) is 0 Å². The number of benzene rings is 1. The average molecular weight is 286 g/mol. The molecule has 1 nitrogen and oxygen atoms in total. The maximum atomic E-state index is 13.1. The molecule has 0 aliphatic heterocycles. The molecule has 0 spiro atoms. The third kappa shape index (κ3) is 3.85. The first-order chi connectivity index (χ1) is 7.53. The Morgan fingerprint density at radius 1 is 1.11 bits per heavy atom. The van der Waals surface area contributed by atoms with E-state index in [2.05, 4.69) is 0 Å². The molecular weight excluding hydrogens is 270 g/mol. The maximum absolute atomic E-state index is 13.1. The Morgan fingerprint density at radius 3 is 2.00 bits per heavy atom. The van der Waals surface area contributed by atoms with Crippen molar-refractivity contribution in [2.24, 2.45) is 11.1 Å². The van der Waals surface area contributed by atoms with Gasteiger partial charge in [-0.05, 0) is 23.1 Å². The molecule has 0 aliphatic rings. The minimum Gasteiger partial charge on any atom is -0.324 e. The molecule has 0 unspecified atom stereocenters. The van der Waals surface area contributed by atoms with Gasteiger partial charge in [-0.1, -0.05) is 26.8 Å². The molecular formula is C12H16ClF4N. The summed E-state index contributed by atoms with van der Waals surface area (Å²) in [5.74, 6) is -1.28. The Bertz CT molecular complexity index is 410. The number of alkyl halides is 3. The Balaban J connectivity index is 0.00000289. The highest BCUT2D eigenvalue weighted by Crippen LogP contribution is 2.36. The fourth-order valence-electron chi connectivity index (χ4n) is 1.45. The van der Waals surface area contributed by atoms with Crippen molar-refractivity contribution in [3.63, 3.8) is 0 Å². The van der Waals surface area contributed by atoms with Crippen LogP contribution in [-0.2, 0) is 6.18 Å². The second kappa shape index (κ2) is 5.45. The van der Waals surface area contributed by atoms with Gasteiger partial charge in [0.15, 0.2) is 0 Å². The van der Waals surface area contributed by atoms with Crippen LogP contribution in [0.1, 0.15) is 37.9 Å². The van der Waals surface area contributed by atoms with Gasteiger partial charge >= 0.3 is 6.18 Å². The van der Waals surface area contributed by atoms with Crippen LogP contribution < -0.4 is 5.73 Å². The highest BCUT2D eigenvalue weighted by Gasteiger charge is 2.35. The van der Waals surface area contributed by atoms with E-state index in [4.69, 9.17) is 5.73 Å². The molecule has 104 valence electrons. The van der Waals surface area contributed by atoms with Gasteiger partial charge in [0, 0.05) is 6.04 Å². The predicted molar refractivity (Wildman–Crippen MR) is 65.0 cm³/mol. The Morgan fingerprint density at radius 2 is 1.61 bits per heavy atom. The molecule has 0 saturated heterocycles. The van der Waals surface area contributed by atoms with E-state index in [1.165, 1.54) is 6.07 Å². The first kappa shape index (κ1) is 17.2. The van der Waals surface area contributed by atoms with E-state index in [1.807, 2.05) is 20.8 Å². The topological polar surface area (TPSA) is 26.0 Å². The average Bonchev–Trinajstić information content (AvgIpc) is 2.14. The number of nitrogens with two attached hydrogens (primary N) is 1. The number of halogens is 5. The fourth-order valence-corrected chi connectivity index (χ4v) is 1.45. The minimum absolute atomic E-state index is 0. The summed E-state index contributed by atoms with van der Waals surface area (Å²) in [6, 6.07) is 2.30. The van der Waals surface area contributed by atoms with Crippen molar-refractivity contribution in [3.05, 3.63) is 35.1 Å². The molecule has 1 atom stereocenters. The zero-order valence-corrected chi connectivity index (χ0v) is 11.1. The van der Waals surface area contributed by atoms with Crippen LogP contribution >= 0.6 is 12.4 Å². The molecule has 18 heavy (non-hydrogen) atoms. The first-order valence-corrected chi connectivity index (χ1v) is 5.15. The van der Waals surface area contributed by atoms with Crippen molar-refractivity contribution in [2.75, 3.05) is 0 Å². The summed E-state index contributed by atoms with van der Waals surface area (Å²) in [6.45, 7) is 5.44. The minimum atomic E-state index is -4.70. The van der Waals surface area contributed by atoms with Crippen molar-refractivity contribution >= 4 is 12.4 Å². The molecule has 0 aliphatic carbocycles. The van der Waals surface area contributed by atoms with E-state index in [1.54, 1.807) is 0 Å². The standard InChI is InChI=1S/C12H15F4N.ClH/c1-11(2,3)10(17)7-4-5-9(13)8(6-7)12(14,15)16;/h4-6,10H,17H2,1-3H3;1H/t10-;/m1./s1. The molecule has 0 bridgehead atoms. The van der Waals surface area contributed by atoms with Gasteiger partial charge in [-0.3, -0.25) is 0 Å². The van der Waals surface area contributed by atoms with E-state index < -0.39 is 23.6 Å². The zero-order chi connectivity index (χ0) is 13.4. The number of hydrogen-bond donors (Lipinski definition) is 1. The normalized spacial score (nSPS) is 14.0. The third-order valence-corrected chi connectivity index (χ3v) is 2.59. The smallest absolute Gasteiger partial charge is 0.324 e. The zero-order valence-electron chi connectivity index (χ0n) is 10.3. The van der Waals surface area contributed by atoms with E-state index >= 15 is 0 Å². The summed E-state index contributed by atoms with van der Waals surface area (Å²) in [5.41, 5.74) is 4.47. The van der Waals surface area contributed by atoms with Crippen LogP contribution in [0.5, 0.6) is 0 Å². The quantitative estimate of drug-likeness (QED) is 0.765. The van der Waals surface area contributed by atoms with Gasteiger partial charge in [0.25, 0.3) is 0 Å². The molecule has 0 heterocycles. The van der Waals surface area contributed by atoms with Crippen LogP contribution in [0, 0.1) is 11.2 Å². The molecule has 1 aromatic carbocycles. The van der Waals surface area contributed by atoms with Crippen LogP contribution in [-0.4, -0.2) is 0 Å². The van der Waals surface area contributed by atoms with E-state index in [0.29, 0.717) is 0 Å². The molecule has 1 rings (SSSR count). The summed E-state index contributed by atoms with van der Waals surface area (Å²) < 4.78 is 50.6. The van der Waals surface area contributed by atoms with Crippen molar-refractivity contribution in [3.8, 4) is 0 Å². The van der Waals surface area contributed by atoms with Gasteiger partial charge in [-0.2, -0.15) is 13.2 Å². The Kier molecular flexibility index (Phi) is 5.20. The second-order valence-electron chi connectivity index (χ2n) is 5.08. The lowest BCUT2D eigenvalue weighted by Gasteiger charge is -2.28. The van der Waals surface area contributed by atoms with Gasteiger partial charge < -0.3 is 5.73 Å². The van der Waals surface area contributed by atoms with Crippen molar-refractivity contribution in [1.82, 2.24) is 0 Å². The summed E-state index contributed by atoms with van der Waals surface area (Å²) in [7, 11) is 0. The van der Waals surface area contributed by atoms with Crippen LogP contribution in [0.15, 0.2) is 18.2 Å². The highest BCUT2D eigenvalue weighted by atomic mass is 35.5. The largest absolute Gasteiger partial charge is 0.419 e. The van der Waals surface area contributed by atoms with Gasteiger partial charge in [0.1, 0.15) is 5.82 Å². The van der Waals surface area contributed by atoms with Crippen LogP contribution in [0.2, 0.25) is 0 Å². The Labute approximate surface area is 110 Å². The number of hydrogen-bond acceptors (Lipinski definition) is 1. The predicted octanol–water partition coefficient (Wildman–Crippen LogP) is 4.31. The van der Waals surface area contributed by atoms with Crippen molar-refractivity contribution in [2.45, 2.75) is 33.0 Å². The molecule has 0 aromatic heterocycles. The third-order valence-electron chi connectivity index (χ3n) is 2.59. The van der Waals surface area contributed by atoms with Crippen LogP contribution in [0.25, 0.3) is 0 Å². The van der Waals surface area contributed by atoms with Gasteiger partial charge in [0.05, 0.1) is 5.56 Å². The van der Waals surface area contributed by atoms with E-state index in [-0.39, 0.29) is 23.4 Å². The Hall–Kier alpha value is -0.810. The summed E-state index contributed by atoms with van der Waals surface area (Å²) in [5, 5.41) is 0. The molecule has 2 N–H and O–H groups in total. The maximum Gasteiger partial charge on any atom is 0.419 e. The second-order valence-corrected chi connectivity index (χ2v) is 5.08. The lowest BCUT2D eigenvalue weighted by Crippen LogP contribution is -2.26. The lowest BCUT2D eigenvalue weighted by atomic mass is 9.82. The van der Waals surface area contributed by atoms with E-state index in [9.17, 15) is 17.6 Å². The SMILES string of the molecule is CC(C)(C)[C@H](N)c1ccc(F)c(C(F)(F)F)c1.Cl. The van der Waals surface area contributed by atoms with Gasteiger partial charge in [-0.15, -0.1) is 12.4 Å². The molecule has 0 saturated carbocycles. The molecule has 1 aromatic rings. The van der Waals surface area contributed by atoms with Gasteiger partial charge in [0.2, 0.25) is 0 Å². The summed E-state index contributed by atoms with van der Waals surface area (Å²) in [6.07, 6.45) is -4.70. The molecule has 0 fully saturated rings. The molecule has 0 amide bonds. The monoisotopic (exact) mass is 285 g/mol. The van der Waals surface area contributed by atoms with Crippen LogP contribution in [0.4, 0.5) is 17.6 Å². The lowest BCUT2D eigenvalue weighted by molar-refractivity contribution is -0.140.